The zero-order valence-electron chi connectivity index (χ0n) is 11.7. The number of halogens is 1. The minimum Gasteiger partial charge on any atom is -0.465 e. The Bertz CT molecular complexity index is 520. The summed E-state index contributed by atoms with van der Waals surface area (Å²) in [5.41, 5.74) is -0.0875. The van der Waals surface area contributed by atoms with Crippen LogP contribution < -0.4 is 0 Å². The highest BCUT2D eigenvalue weighted by molar-refractivity contribution is 8.13. The smallest absolute Gasteiger partial charge is 0.337 e. The molecule has 2 unspecified atom stereocenters. The number of hydrogen-bond donors (Lipinski definition) is 2. The fourth-order valence-electron chi connectivity index (χ4n) is 1.70. The van der Waals surface area contributed by atoms with Gasteiger partial charge in [-0.3, -0.25) is 4.79 Å². The van der Waals surface area contributed by atoms with Crippen LogP contribution in [-0.2, 0) is 9.53 Å². The number of ether oxygens (including phenoxy) is 1. The molecule has 0 saturated carbocycles. The number of benzene rings is 1. The zero-order valence-corrected chi connectivity index (χ0v) is 12.5. The van der Waals surface area contributed by atoms with E-state index in [9.17, 15) is 24.2 Å². The van der Waals surface area contributed by atoms with E-state index in [0.717, 1.165) is 17.8 Å². The van der Waals surface area contributed by atoms with Crippen LogP contribution in [0.1, 0.15) is 35.4 Å². The normalized spacial score (nSPS) is 13.6. The van der Waals surface area contributed by atoms with Gasteiger partial charge in [0.1, 0.15) is 11.9 Å². The Labute approximate surface area is 126 Å². The first-order valence-corrected chi connectivity index (χ1v) is 7.22. The molecular formula is C14H17FO5S. The van der Waals surface area contributed by atoms with Gasteiger partial charge in [-0.05, 0) is 18.6 Å². The highest BCUT2D eigenvalue weighted by atomic mass is 32.2. The summed E-state index contributed by atoms with van der Waals surface area (Å²) >= 11 is 1.02. The highest BCUT2D eigenvalue weighted by Gasteiger charge is 2.22. The van der Waals surface area contributed by atoms with E-state index in [4.69, 9.17) is 0 Å². The Balaban J connectivity index is 2.75. The topological polar surface area (TPSA) is 83.8 Å². The molecule has 0 aliphatic heterocycles. The highest BCUT2D eigenvalue weighted by Crippen LogP contribution is 2.24. The van der Waals surface area contributed by atoms with Gasteiger partial charge in [-0.15, -0.1) is 0 Å². The maximum atomic E-state index is 13.9. The molecule has 1 rings (SSSR count). The molecule has 0 radical (unpaired) electrons. The summed E-state index contributed by atoms with van der Waals surface area (Å²) in [5.74, 6) is -1.16. The van der Waals surface area contributed by atoms with E-state index in [0.29, 0.717) is 5.75 Å². The number of thioether (sulfide) groups is 1. The van der Waals surface area contributed by atoms with Crippen LogP contribution in [0.4, 0.5) is 4.39 Å². The Hall–Kier alpha value is -1.44. The van der Waals surface area contributed by atoms with Crippen LogP contribution in [0.5, 0.6) is 0 Å². The summed E-state index contributed by atoms with van der Waals surface area (Å²) in [5, 5.41) is 19.6. The van der Waals surface area contributed by atoms with Crippen LogP contribution in [0.25, 0.3) is 0 Å². The molecule has 0 bridgehead atoms. The number of hydrogen-bond acceptors (Lipinski definition) is 6. The van der Waals surface area contributed by atoms with Crippen molar-refractivity contribution in [3.05, 3.63) is 35.1 Å². The van der Waals surface area contributed by atoms with Crippen molar-refractivity contribution in [3.63, 3.8) is 0 Å². The predicted molar refractivity (Wildman–Crippen MR) is 76.5 cm³/mol. The third-order valence-electron chi connectivity index (χ3n) is 2.82. The SMILES string of the molecule is COC(=O)c1ccc(C(O)C(O)CCSC(C)=O)c(F)c1. The standard InChI is InChI=1S/C14H17FO5S/c1-8(16)21-6-5-12(17)13(18)10-4-3-9(7-11(10)15)14(19)20-2/h3-4,7,12-13,17-18H,5-6H2,1-2H3. The lowest BCUT2D eigenvalue weighted by atomic mass is 10.0. The van der Waals surface area contributed by atoms with Crippen molar-refractivity contribution < 1.29 is 28.9 Å². The molecule has 0 saturated heterocycles. The van der Waals surface area contributed by atoms with Crippen LogP contribution in [0.3, 0.4) is 0 Å². The summed E-state index contributed by atoms with van der Waals surface area (Å²) in [4.78, 5) is 22.0. The molecule has 0 heterocycles. The number of carbonyl (C=O) groups is 2. The minimum absolute atomic E-state index is 0.0209. The van der Waals surface area contributed by atoms with E-state index in [1.54, 1.807) is 0 Å². The summed E-state index contributed by atoms with van der Waals surface area (Å²) in [6, 6.07) is 3.49. The van der Waals surface area contributed by atoms with Gasteiger partial charge in [-0.2, -0.15) is 0 Å². The number of carbonyl (C=O) groups excluding carboxylic acids is 2. The number of aliphatic hydroxyl groups is 2. The molecule has 0 amide bonds. The molecule has 0 aromatic heterocycles. The van der Waals surface area contributed by atoms with Crippen molar-refractivity contribution in [1.82, 2.24) is 0 Å². The Kier molecular flexibility index (Phi) is 6.80. The van der Waals surface area contributed by atoms with E-state index >= 15 is 0 Å². The van der Waals surface area contributed by atoms with Crippen molar-refractivity contribution >= 4 is 22.8 Å². The fourth-order valence-corrected chi connectivity index (χ4v) is 2.35. The number of rotatable bonds is 6. The van der Waals surface area contributed by atoms with Gasteiger partial charge in [-0.1, -0.05) is 17.8 Å². The first-order valence-electron chi connectivity index (χ1n) is 6.24. The lowest BCUT2D eigenvalue weighted by Gasteiger charge is -2.18. The van der Waals surface area contributed by atoms with Gasteiger partial charge in [0, 0.05) is 18.2 Å². The largest absolute Gasteiger partial charge is 0.465 e. The number of esters is 1. The fraction of sp³-hybridized carbons (Fsp3) is 0.429. The first-order chi connectivity index (χ1) is 9.86. The lowest BCUT2D eigenvalue weighted by molar-refractivity contribution is -0.109. The third kappa shape index (κ3) is 5.11. The second-order valence-electron chi connectivity index (χ2n) is 4.37. The summed E-state index contributed by atoms with van der Waals surface area (Å²) < 4.78 is 18.3. The maximum absolute atomic E-state index is 13.9. The van der Waals surface area contributed by atoms with E-state index < -0.39 is 24.0 Å². The summed E-state index contributed by atoms with van der Waals surface area (Å²) in [7, 11) is 1.18. The maximum Gasteiger partial charge on any atom is 0.337 e. The van der Waals surface area contributed by atoms with E-state index in [1.807, 2.05) is 0 Å². The molecule has 0 fully saturated rings. The molecule has 0 aliphatic carbocycles. The minimum atomic E-state index is -1.43. The molecule has 0 aliphatic rings. The van der Waals surface area contributed by atoms with Crippen LogP contribution in [-0.4, -0.2) is 40.3 Å². The Morgan fingerprint density at radius 3 is 2.57 bits per heavy atom. The molecule has 7 heteroatoms. The van der Waals surface area contributed by atoms with Crippen molar-refractivity contribution in [2.75, 3.05) is 12.9 Å². The van der Waals surface area contributed by atoms with E-state index in [-0.39, 0.29) is 22.7 Å². The van der Waals surface area contributed by atoms with Crippen molar-refractivity contribution in [2.24, 2.45) is 0 Å². The van der Waals surface area contributed by atoms with Crippen LogP contribution >= 0.6 is 11.8 Å². The third-order valence-corrected chi connectivity index (χ3v) is 3.67. The van der Waals surface area contributed by atoms with Gasteiger partial charge in [0.15, 0.2) is 5.12 Å². The summed E-state index contributed by atoms with van der Waals surface area (Å²) in [6.45, 7) is 1.40. The second-order valence-corrected chi connectivity index (χ2v) is 5.64. The molecule has 0 spiro atoms. The second kappa shape index (κ2) is 8.11. The molecular weight excluding hydrogens is 299 g/mol. The van der Waals surface area contributed by atoms with Crippen molar-refractivity contribution in [3.8, 4) is 0 Å². The average molecular weight is 316 g/mol. The summed E-state index contributed by atoms with van der Waals surface area (Å²) in [6.07, 6.45) is -2.48. The lowest BCUT2D eigenvalue weighted by Crippen LogP contribution is -2.20. The van der Waals surface area contributed by atoms with Crippen LogP contribution in [0, 0.1) is 5.82 Å². The van der Waals surface area contributed by atoms with Gasteiger partial charge in [0.2, 0.25) is 0 Å². The number of methoxy groups -OCH3 is 1. The molecule has 2 atom stereocenters. The van der Waals surface area contributed by atoms with E-state index in [2.05, 4.69) is 4.74 Å². The molecule has 2 N–H and O–H groups in total. The van der Waals surface area contributed by atoms with Crippen molar-refractivity contribution in [1.29, 1.82) is 0 Å². The molecule has 116 valence electrons. The zero-order chi connectivity index (χ0) is 16.0. The number of aliphatic hydroxyl groups excluding tert-OH is 2. The van der Waals surface area contributed by atoms with E-state index in [1.165, 1.54) is 26.2 Å². The van der Waals surface area contributed by atoms with Gasteiger partial charge in [0.05, 0.1) is 18.8 Å². The van der Waals surface area contributed by atoms with Gasteiger partial charge in [0.25, 0.3) is 0 Å². The average Bonchev–Trinajstić information content (AvgIpc) is 2.45. The quantitative estimate of drug-likeness (QED) is 0.777. The molecule has 1 aromatic rings. The van der Waals surface area contributed by atoms with Crippen LogP contribution in [0.2, 0.25) is 0 Å². The molecule has 1 aromatic carbocycles. The van der Waals surface area contributed by atoms with Crippen LogP contribution in [0.15, 0.2) is 18.2 Å². The van der Waals surface area contributed by atoms with Gasteiger partial charge >= 0.3 is 5.97 Å². The Morgan fingerprint density at radius 2 is 2.05 bits per heavy atom. The molecule has 5 nitrogen and oxygen atoms in total. The first kappa shape index (κ1) is 17.6. The van der Waals surface area contributed by atoms with Crippen molar-refractivity contribution in [2.45, 2.75) is 25.6 Å². The van der Waals surface area contributed by atoms with Gasteiger partial charge < -0.3 is 14.9 Å². The molecule has 21 heavy (non-hydrogen) atoms. The predicted octanol–water partition coefficient (Wildman–Crippen LogP) is 1.68. The van der Waals surface area contributed by atoms with Gasteiger partial charge in [-0.25, -0.2) is 9.18 Å². The Morgan fingerprint density at radius 1 is 1.38 bits per heavy atom. The monoisotopic (exact) mass is 316 g/mol.